The third-order valence-corrected chi connectivity index (χ3v) is 4.82. The molecule has 1 aromatic heterocycles. The van der Waals surface area contributed by atoms with E-state index in [9.17, 15) is 8.42 Å². The molecule has 0 unspecified atom stereocenters. The molecule has 0 atom stereocenters. The van der Waals surface area contributed by atoms with Gasteiger partial charge in [-0.3, -0.25) is 0 Å². The highest BCUT2D eigenvalue weighted by atomic mass is 35.5. The van der Waals surface area contributed by atoms with Crippen molar-refractivity contribution in [1.29, 1.82) is 0 Å². The molecule has 0 saturated carbocycles. The number of sulfonamides is 1. The number of hydrogen-bond acceptors (Lipinski definition) is 4. The number of hydrogen-bond donors (Lipinski definition) is 0. The van der Waals surface area contributed by atoms with Crippen LogP contribution >= 0.6 is 23.2 Å². The average molecular weight is 335 g/mol. The van der Waals surface area contributed by atoms with E-state index in [0.29, 0.717) is 11.5 Å². The third kappa shape index (κ3) is 3.32. The Morgan fingerprint density at radius 2 is 1.80 bits per heavy atom. The van der Waals surface area contributed by atoms with Crippen LogP contribution in [0.15, 0.2) is 33.7 Å². The van der Waals surface area contributed by atoms with Crippen LogP contribution < -0.4 is 0 Å². The van der Waals surface area contributed by atoms with Crippen LogP contribution in [0.5, 0.6) is 0 Å². The second kappa shape index (κ2) is 5.73. The van der Waals surface area contributed by atoms with E-state index in [-0.39, 0.29) is 21.5 Å². The summed E-state index contributed by atoms with van der Waals surface area (Å²) in [5, 5.41) is 4.30. The molecule has 0 fully saturated rings. The molecule has 1 heterocycles. The Labute approximate surface area is 127 Å². The summed E-state index contributed by atoms with van der Waals surface area (Å²) in [4.78, 5) is 0.0396. The van der Waals surface area contributed by atoms with Gasteiger partial charge in [0.05, 0.1) is 17.1 Å². The topological polar surface area (TPSA) is 63.4 Å². The lowest BCUT2D eigenvalue weighted by molar-refractivity contribution is 0.378. The summed E-state index contributed by atoms with van der Waals surface area (Å²) in [5.74, 6) is 0.622. The van der Waals surface area contributed by atoms with Crippen molar-refractivity contribution in [2.24, 2.45) is 0 Å². The van der Waals surface area contributed by atoms with Gasteiger partial charge in [0.15, 0.2) is 0 Å². The molecule has 8 heteroatoms. The summed E-state index contributed by atoms with van der Waals surface area (Å²) >= 11 is 11.7. The van der Waals surface area contributed by atoms with E-state index in [1.165, 1.54) is 25.2 Å². The van der Waals surface area contributed by atoms with Crippen molar-refractivity contribution >= 4 is 33.2 Å². The second-order valence-corrected chi connectivity index (χ2v) is 7.21. The first-order chi connectivity index (χ1) is 9.29. The maximum Gasteiger partial charge on any atom is 0.243 e. The van der Waals surface area contributed by atoms with E-state index in [1.807, 2.05) is 0 Å². The molecule has 0 aliphatic carbocycles. The lowest BCUT2D eigenvalue weighted by Gasteiger charge is -2.16. The predicted molar refractivity (Wildman–Crippen MR) is 76.4 cm³/mol. The van der Waals surface area contributed by atoms with Crippen LogP contribution in [0.3, 0.4) is 0 Å². The molecule has 0 saturated heterocycles. The maximum atomic E-state index is 12.4. The average Bonchev–Trinajstić information content (AvgIpc) is 2.73. The van der Waals surface area contributed by atoms with Crippen molar-refractivity contribution in [2.75, 3.05) is 7.05 Å². The third-order valence-electron chi connectivity index (χ3n) is 2.61. The fourth-order valence-corrected chi connectivity index (χ4v) is 3.53. The Morgan fingerprint density at radius 1 is 1.20 bits per heavy atom. The Balaban J connectivity index is 2.29. The molecule has 0 aliphatic rings. The number of rotatable bonds is 4. The molecule has 0 amide bonds. The minimum absolute atomic E-state index is 0.0396. The van der Waals surface area contributed by atoms with Crippen molar-refractivity contribution in [3.05, 3.63) is 45.8 Å². The minimum Gasteiger partial charge on any atom is -0.361 e. The summed E-state index contributed by atoms with van der Waals surface area (Å²) in [6.45, 7) is 1.84. The fourth-order valence-electron chi connectivity index (χ4n) is 1.66. The monoisotopic (exact) mass is 334 g/mol. The Hall–Kier alpha value is -1.08. The van der Waals surface area contributed by atoms with Crippen LogP contribution in [0.25, 0.3) is 0 Å². The van der Waals surface area contributed by atoms with Gasteiger partial charge in [-0.15, -0.1) is 0 Å². The van der Waals surface area contributed by atoms with Gasteiger partial charge in [-0.05, 0) is 25.1 Å². The van der Waals surface area contributed by atoms with Gasteiger partial charge in [-0.25, -0.2) is 8.42 Å². The summed E-state index contributed by atoms with van der Waals surface area (Å²) in [6, 6.07) is 5.86. The zero-order valence-electron chi connectivity index (χ0n) is 10.8. The summed E-state index contributed by atoms with van der Waals surface area (Å²) in [5.41, 5.74) is 0.529. The molecule has 2 rings (SSSR count). The molecule has 108 valence electrons. The van der Waals surface area contributed by atoms with E-state index in [2.05, 4.69) is 5.16 Å². The lowest BCUT2D eigenvalue weighted by Crippen LogP contribution is -2.26. The molecule has 20 heavy (non-hydrogen) atoms. The molecule has 0 radical (unpaired) electrons. The smallest absolute Gasteiger partial charge is 0.243 e. The first-order valence-electron chi connectivity index (χ1n) is 5.63. The van der Waals surface area contributed by atoms with E-state index >= 15 is 0 Å². The quantitative estimate of drug-likeness (QED) is 0.861. The van der Waals surface area contributed by atoms with Crippen LogP contribution in [0.1, 0.15) is 11.5 Å². The zero-order valence-corrected chi connectivity index (χ0v) is 13.1. The molecule has 0 aliphatic heterocycles. The van der Waals surface area contributed by atoms with Crippen molar-refractivity contribution in [2.45, 2.75) is 18.4 Å². The Kier molecular flexibility index (Phi) is 4.39. The number of halogens is 2. The summed E-state index contributed by atoms with van der Waals surface area (Å²) < 4.78 is 30.9. The van der Waals surface area contributed by atoms with Gasteiger partial charge in [0.25, 0.3) is 0 Å². The molecule has 0 N–H and O–H groups in total. The molecule has 2 aromatic rings. The van der Waals surface area contributed by atoms with Gasteiger partial charge >= 0.3 is 0 Å². The van der Waals surface area contributed by atoms with E-state index in [4.69, 9.17) is 27.7 Å². The number of aromatic nitrogens is 1. The standard InChI is InChI=1S/C12H12Cl2N2O3S/c1-8-3-11(15-19-8)7-16(2)20(17,18)12-5-9(13)4-10(14)6-12/h3-6H,7H2,1-2H3. The van der Waals surface area contributed by atoms with Crippen molar-refractivity contribution in [3.8, 4) is 0 Å². The summed E-state index contributed by atoms with van der Waals surface area (Å²) in [6.07, 6.45) is 0. The Bertz CT molecular complexity index is 708. The van der Waals surface area contributed by atoms with Crippen molar-refractivity contribution in [1.82, 2.24) is 9.46 Å². The highest BCUT2D eigenvalue weighted by Gasteiger charge is 2.22. The normalized spacial score (nSPS) is 12.1. The largest absolute Gasteiger partial charge is 0.361 e. The van der Waals surface area contributed by atoms with Crippen LogP contribution in [0.4, 0.5) is 0 Å². The number of benzene rings is 1. The predicted octanol–water partition coefficient (Wildman–Crippen LogP) is 3.11. The number of nitrogens with zero attached hydrogens (tertiary/aromatic N) is 2. The molecular weight excluding hydrogens is 323 g/mol. The second-order valence-electron chi connectivity index (χ2n) is 4.30. The van der Waals surface area contributed by atoms with E-state index in [0.717, 1.165) is 4.31 Å². The van der Waals surface area contributed by atoms with Crippen LogP contribution in [-0.2, 0) is 16.6 Å². The SMILES string of the molecule is Cc1cc(CN(C)S(=O)(=O)c2cc(Cl)cc(Cl)c2)no1. The van der Waals surface area contributed by atoms with E-state index in [1.54, 1.807) is 13.0 Å². The maximum absolute atomic E-state index is 12.4. The lowest BCUT2D eigenvalue weighted by atomic mass is 10.4. The van der Waals surface area contributed by atoms with Crippen molar-refractivity contribution in [3.63, 3.8) is 0 Å². The van der Waals surface area contributed by atoms with Crippen LogP contribution in [-0.4, -0.2) is 24.9 Å². The van der Waals surface area contributed by atoms with Crippen molar-refractivity contribution < 1.29 is 12.9 Å². The number of aryl methyl sites for hydroxylation is 1. The van der Waals surface area contributed by atoms with Gasteiger partial charge in [0.2, 0.25) is 10.0 Å². The molecule has 5 nitrogen and oxygen atoms in total. The minimum atomic E-state index is -3.69. The van der Waals surface area contributed by atoms with Crippen LogP contribution in [0, 0.1) is 6.92 Å². The molecule has 0 bridgehead atoms. The highest BCUT2D eigenvalue weighted by molar-refractivity contribution is 7.89. The zero-order chi connectivity index (χ0) is 14.9. The molecular formula is C12H12Cl2N2O3S. The molecule has 1 aromatic carbocycles. The van der Waals surface area contributed by atoms with Gasteiger partial charge in [0, 0.05) is 23.2 Å². The van der Waals surface area contributed by atoms with Gasteiger partial charge in [-0.2, -0.15) is 4.31 Å². The van der Waals surface area contributed by atoms with Crippen LogP contribution in [0.2, 0.25) is 10.0 Å². The Morgan fingerprint density at radius 3 is 2.30 bits per heavy atom. The highest BCUT2D eigenvalue weighted by Crippen LogP contribution is 2.24. The fraction of sp³-hybridized carbons (Fsp3) is 0.250. The van der Waals surface area contributed by atoms with E-state index < -0.39 is 10.0 Å². The summed E-state index contributed by atoms with van der Waals surface area (Å²) in [7, 11) is -2.24. The first kappa shape index (κ1) is 15.3. The molecule has 0 spiro atoms. The first-order valence-corrected chi connectivity index (χ1v) is 7.83. The van der Waals surface area contributed by atoms with Gasteiger partial charge in [0.1, 0.15) is 5.76 Å². The van der Waals surface area contributed by atoms with Gasteiger partial charge < -0.3 is 4.52 Å². The van der Waals surface area contributed by atoms with Gasteiger partial charge in [-0.1, -0.05) is 28.4 Å².